The minimum Gasteiger partial charge on any atom is -0.329 e. The summed E-state index contributed by atoms with van der Waals surface area (Å²) < 4.78 is 1.15. The first-order valence-corrected chi connectivity index (χ1v) is 5.20. The van der Waals surface area contributed by atoms with E-state index >= 15 is 0 Å². The van der Waals surface area contributed by atoms with Gasteiger partial charge in [-0.05, 0) is 18.6 Å². The molecule has 0 bridgehead atoms. The smallest absolute Gasteiger partial charge is 0.0220 e. The number of hydrogen-bond acceptors (Lipinski definition) is 2. The summed E-state index contributed by atoms with van der Waals surface area (Å²) >= 11 is 3.50. The van der Waals surface area contributed by atoms with Crippen LogP contribution in [0.15, 0.2) is 28.7 Å². The first kappa shape index (κ1) is 10.7. The van der Waals surface area contributed by atoms with E-state index in [4.69, 9.17) is 5.73 Å². The first-order chi connectivity index (χ1) is 6.24. The summed E-state index contributed by atoms with van der Waals surface area (Å²) in [7, 11) is 0. The predicted octanol–water partition coefficient (Wildman–Crippen LogP) is 1.89. The maximum atomic E-state index is 5.50. The van der Waals surface area contributed by atoms with E-state index in [1.165, 1.54) is 5.56 Å². The van der Waals surface area contributed by atoms with E-state index < -0.39 is 0 Å². The Morgan fingerprint density at radius 2 is 2.15 bits per heavy atom. The summed E-state index contributed by atoms with van der Waals surface area (Å²) in [4.78, 5) is 0. The fourth-order valence-corrected chi connectivity index (χ4v) is 1.43. The van der Waals surface area contributed by atoms with Crippen LogP contribution in [0.25, 0.3) is 0 Å². The fraction of sp³-hybridized carbons (Fsp3) is 0.400. The van der Waals surface area contributed by atoms with E-state index in [2.05, 4.69) is 34.2 Å². The lowest BCUT2D eigenvalue weighted by Gasteiger charge is -2.11. The first-order valence-electron chi connectivity index (χ1n) is 4.41. The van der Waals surface area contributed by atoms with Crippen molar-refractivity contribution in [1.82, 2.24) is 5.32 Å². The molecule has 0 aliphatic heterocycles. The van der Waals surface area contributed by atoms with Crippen LogP contribution in [0.1, 0.15) is 12.5 Å². The Morgan fingerprint density at radius 1 is 1.46 bits per heavy atom. The lowest BCUT2D eigenvalue weighted by atomic mass is 10.2. The highest BCUT2D eigenvalue weighted by atomic mass is 79.9. The van der Waals surface area contributed by atoms with E-state index in [0.29, 0.717) is 12.6 Å². The van der Waals surface area contributed by atoms with Gasteiger partial charge in [0.2, 0.25) is 0 Å². The molecule has 0 heterocycles. The summed E-state index contributed by atoms with van der Waals surface area (Å²) in [5, 5.41) is 3.33. The van der Waals surface area contributed by atoms with Crippen molar-refractivity contribution in [3.63, 3.8) is 0 Å². The van der Waals surface area contributed by atoms with Crippen LogP contribution in [0, 0.1) is 0 Å². The predicted molar refractivity (Wildman–Crippen MR) is 59.5 cm³/mol. The second-order valence-electron chi connectivity index (χ2n) is 3.11. The van der Waals surface area contributed by atoms with Crippen LogP contribution in [0.3, 0.4) is 0 Å². The molecule has 3 heteroatoms. The van der Waals surface area contributed by atoms with Gasteiger partial charge in [0.1, 0.15) is 0 Å². The molecule has 1 rings (SSSR count). The summed E-state index contributed by atoms with van der Waals surface area (Å²) in [5.41, 5.74) is 6.77. The molecule has 1 aromatic rings. The zero-order valence-corrected chi connectivity index (χ0v) is 9.34. The van der Waals surface area contributed by atoms with Crippen molar-refractivity contribution < 1.29 is 0 Å². The Hall–Kier alpha value is -0.380. The second kappa shape index (κ2) is 5.37. The van der Waals surface area contributed by atoms with E-state index in [9.17, 15) is 0 Å². The van der Waals surface area contributed by atoms with Crippen LogP contribution in [0.5, 0.6) is 0 Å². The highest BCUT2D eigenvalue weighted by Crippen LogP contribution is 2.15. The van der Waals surface area contributed by atoms with Crippen LogP contribution < -0.4 is 11.1 Å². The van der Waals surface area contributed by atoms with Crippen molar-refractivity contribution in [3.8, 4) is 0 Å². The number of rotatable bonds is 4. The zero-order valence-electron chi connectivity index (χ0n) is 7.76. The van der Waals surface area contributed by atoms with Gasteiger partial charge in [-0.25, -0.2) is 0 Å². The Bertz CT molecular complexity index is 263. The molecule has 0 aromatic heterocycles. The van der Waals surface area contributed by atoms with Gasteiger partial charge in [-0.15, -0.1) is 0 Å². The molecule has 3 N–H and O–H groups in total. The summed E-state index contributed by atoms with van der Waals surface area (Å²) in [5.74, 6) is 0. The largest absolute Gasteiger partial charge is 0.329 e. The van der Waals surface area contributed by atoms with Crippen LogP contribution in [0.2, 0.25) is 0 Å². The molecule has 72 valence electrons. The number of benzene rings is 1. The molecule has 0 aliphatic rings. The number of hydrogen-bond donors (Lipinski definition) is 2. The molecule has 1 unspecified atom stereocenters. The lowest BCUT2D eigenvalue weighted by molar-refractivity contribution is 0.555. The number of nitrogens with one attached hydrogen (secondary N) is 1. The number of halogens is 1. The molecule has 1 atom stereocenters. The van der Waals surface area contributed by atoms with Gasteiger partial charge in [0, 0.05) is 23.6 Å². The Labute approximate surface area is 87.6 Å². The Morgan fingerprint density at radius 3 is 2.77 bits per heavy atom. The summed E-state index contributed by atoms with van der Waals surface area (Å²) in [6, 6.07) is 8.56. The zero-order chi connectivity index (χ0) is 9.68. The molecule has 2 nitrogen and oxygen atoms in total. The van der Waals surface area contributed by atoms with Gasteiger partial charge < -0.3 is 11.1 Å². The van der Waals surface area contributed by atoms with Gasteiger partial charge in [0.25, 0.3) is 0 Å². The molecule has 0 aliphatic carbocycles. The standard InChI is InChI=1S/C10H15BrN2/c1-8(6-12)13-7-9-4-2-3-5-10(9)11/h2-5,8,13H,6-7,12H2,1H3. The van der Waals surface area contributed by atoms with E-state index in [1.54, 1.807) is 0 Å². The van der Waals surface area contributed by atoms with Crippen LogP contribution in [0.4, 0.5) is 0 Å². The van der Waals surface area contributed by atoms with Gasteiger partial charge in [-0.2, -0.15) is 0 Å². The molecular weight excluding hydrogens is 228 g/mol. The SMILES string of the molecule is CC(CN)NCc1ccccc1Br. The summed E-state index contributed by atoms with van der Waals surface area (Å²) in [6.07, 6.45) is 0. The van der Waals surface area contributed by atoms with Crippen molar-refractivity contribution in [2.24, 2.45) is 5.73 Å². The van der Waals surface area contributed by atoms with Crippen molar-refractivity contribution >= 4 is 15.9 Å². The molecule has 0 radical (unpaired) electrons. The molecule has 0 spiro atoms. The quantitative estimate of drug-likeness (QED) is 0.847. The highest BCUT2D eigenvalue weighted by Gasteiger charge is 2.00. The van der Waals surface area contributed by atoms with Gasteiger partial charge in [-0.3, -0.25) is 0 Å². The average Bonchev–Trinajstić information content (AvgIpc) is 2.16. The third-order valence-corrected chi connectivity index (χ3v) is 2.73. The van der Waals surface area contributed by atoms with Gasteiger partial charge >= 0.3 is 0 Å². The monoisotopic (exact) mass is 242 g/mol. The molecule has 13 heavy (non-hydrogen) atoms. The topological polar surface area (TPSA) is 38.0 Å². The third kappa shape index (κ3) is 3.46. The maximum Gasteiger partial charge on any atom is 0.0220 e. The molecule has 0 saturated heterocycles. The average molecular weight is 243 g/mol. The fourth-order valence-electron chi connectivity index (χ4n) is 1.01. The van der Waals surface area contributed by atoms with Crippen LogP contribution in [-0.2, 0) is 6.54 Å². The lowest BCUT2D eigenvalue weighted by Crippen LogP contribution is -2.32. The molecule has 0 fully saturated rings. The van der Waals surface area contributed by atoms with E-state index in [1.807, 2.05) is 18.2 Å². The molecule has 1 aromatic carbocycles. The van der Waals surface area contributed by atoms with Crippen LogP contribution in [-0.4, -0.2) is 12.6 Å². The van der Waals surface area contributed by atoms with E-state index in [0.717, 1.165) is 11.0 Å². The van der Waals surface area contributed by atoms with Crippen molar-refractivity contribution in [1.29, 1.82) is 0 Å². The molecule has 0 amide bonds. The summed E-state index contributed by atoms with van der Waals surface area (Å²) in [6.45, 7) is 3.61. The minimum atomic E-state index is 0.368. The second-order valence-corrected chi connectivity index (χ2v) is 3.96. The van der Waals surface area contributed by atoms with Crippen LogP contribution >= 0.6 is 15.9 Å². The minimum absolute atomic E-state index is 0.368. The molecule has 0 saturated carbocycles. The van der Waals surface area contributed by atoms with Gasteiger partial charge in [-0.1, -0.05) is 34.1 Å². The third-order valence-electron chi connectivity index (χ3n) is 1.95. The van der Waals surface area contributed by atoms with Crippen molar-refractivity contribution in [3.05, 3.63) is 34.3 Å². The van der Waals surface area contributed by atoms with Gasteiger partial charge in [0.15, 0.2) is 0 Å². The molecular formula is C10H15BrN2. The highest BCUT2D eigenvalue weighted by molar-refractivity contribution is 9.10. The van der Waals surface area contributed by atoms with Crippen molar-refractivity contribution in [2.45, 2.75) is 19.5 Å². The Balaban J connectivity index is 2.50. The van der Waals surface area contributed by atoms with Gasteiger partial charge in [0.05, 0.1) is 0 Å². The Kier molecular flexibility index (Phi) is 4.42. The number of nitrogens with two attached hydrogens (primary N) is 1. The normalized spacial score (nSPS) is 12.8. The maximum absolute atomic E-state index is 5.50. The van der Waals surface area contributed by atoms with E-state index in [-0.39, 0.29) is 0 Å². The van der Waals surface area contributed by atoms with Crippen molar-refractivity contribution in [2.75, 3.05) is 6.54 Å².